The Balaban J connectivity index is 1.73. The van der Waals surface area contributed by atoms with Crippen LogP contribution >= 0.6 is 34.8 Å². The summed E-state index contributed by atoms with van der Waals surface area (Å²) in [6.45, 7) is 2.17. The molecule has 0 radical (unpaired) electrons. The van der Waals surface area contributed by atoms with Gasteiger partial charge in [-0.25, -0.2) is 0 Å². The predicted octanol–water partition coefficient (Wildman–Crippen LogP) is 5.63. The minimum absolute atomic E-state index is 0.558. The molecule has 2 atom stereocenters. The van der Waals surface area contributed by atoms with Gasteiger partial charge in [0.25, 0.3) is 0 Å². The number of hydrogen-bond acceptors (Lipinski definition) is 2. The number of benzene rings is 2. The SMILES string of the molecule is Nc1ccc(CCC(Cc2cc(Cl)ccc2Cl)[C@H]2CCNC2)cc1Cl. The van der Waals surface area contributed by atoms with E-state index in [-0.39, 0.29) is 0 Å². The van der Waals surface area contributed by atoms with Crippen molar-refractivity contribution >= 4 is 40.5 Å². The summed E-state index contributed by atoms with van der Waals surface area (Å²) in [5.74, 6) is 1.22. The number of nitrogens with one attached hydrogen (secondary N) is 1. The lowest BCUT2D eigenvalue weighted by atomic mass is 9.82. The van der Waals surface area contributed by atoms with E-state index in [1.807, 2.05) is 30.3 Å². The van der Waals surface area contributed by atoms with Gasteiger partial charge in [0.15, 0.2) is 0 Å². The standard InChI is InChI=1S/C20H23Cl3N2/c21-17-4-5-18(22)16(11-17)10-14(15-7-8-25-12-15)3-1-13-2-6-20(24)19(23)9-13/h2,4-6,9,11,14-15,25H,1,3,7-8,10,12,24H2/t14?,15-/m0/s1. The van der Waals surface area contributed by atoms with Crippen molar-refractivity contribution in [2.24, 2.45) is 11.8 Å². The molecule has 2 aromatic rings. The largest absolute Gasteiger partial charge is 0.398 e. The van der Waals surface area contributed by atoms with Gasteiger partial charge in [0, 0.05) is 10.0 Å². The monoisotopic (exact) mass is 396 g/mol. The van der Waals surface area contributed by atoms with E-state index in [9.17, 15) is 0 Å². The Morgan fingerprint density at radius 1 is 1.08 bits per heavy atom. The third kappa shape index (κ3) is 5.04. The van der Waals surface area contributed by atoms with Gasteiger partial charge in [0.1, 0.15) is 0 Å². The van der Waals surface area contributed by atoms with E-state index in [1.54, 1.807) is 0 Å². The third-order valence-electron chi connectivity index (χ3n) is 5.12. The zero-order valence-corrected chi connectivity index (χ0v) is 16.3. The van der Waals surface area contributed by atoms with Gasteiger partial charge in [-0.1, -0.05) is 40.9 Å². The molecule has 1 heterocycles. The first-order valence-electron chi connectivity index (χ1n) is 8.71. The number of anilines is 1. The molecule has 0 aromatic heterocycles. The summed E-state index contributed by atoms with van der Waals surface area (Å²) in [5, 5.41) is 5.66. The molecule has 1 fully saturated rings. The van der Waals surface area contributed by atoms with Crippen LogP contribution in [0.4, 0.5) is 5.69 Å². The molecule has 1 aliphatic rings. The summed E-state index contributed by atoms with van der Waals surface area (Å²) in [6, 6.07) is 11.7. The van der Waals surface area contributed by atoms with Crippen LogP contribution in [-0.2, 0) is 12.8 Å². The molecule has 0 bridgehead atoms. The van der Waals surface area contributed by atoms with E-state index in [0.29, 0.717) is 22.5 Å². The fourth-order valence-corrected chi connectivity index (χ4v) is 4.24. The summed E-state index contributed by atoms with van der Waals surface area (Å²) < 4.78 is 0. The maximum atomic E-state index is 6.40. The lowest BCUT2D eigenvalue weighted by molar-refractivity contribution is 0.333. The first-order valence-corrected chi connectivity index (χ1v) is 9.85. The molecule has 1 saturated heterocycles. The van der Waals surface area contributed by atoms with Gasteiger partial charge in [-0.3, -0.25) is 0 Å². The molecule has 2 aromatic carbocycles. The molecule has 3 N–H and O–H groups in total. The Bertz CT molecular complexity index is 727. The zero-order chi connectivity index (χ0) is 17.8. The molecular weight excluding hydrogens is 375 g/mol. The van der Waals surface area contributed by atoms with Crippen LogP contribution in [0.25, 0.3) is 0 Å². The van der Waals surface area contributed by atoms with Crippen molar-refractivity contribution in [2.45, 2.75) is 25.7 Å². The highest BCUT2D eigenvalue weighted by Gasteiger charge is 2.25. The van der Waals surface area contributed by atoms with E-state index < -0.39 is 0 Å². The highest BCUT2D eigenvalue weighted by molar-refractivity contribution is 6.33. The summed E-state index contributed by atoms with van der Waals surface area (Å²) in [5.41, 5.74) is 8.81. The molecule has 0 aliphatic carbocycles. The van der Waals surface area contributed by atoms with Crippen molar-refractivity contribution in [1.82, 2.24) is 5.32 Å². The molecule has 1 unspecified atom stereocenters. The molecule has 3 rings (SSSR count). The van der Waals surface area contributed by atoms with Gasteiger partial charge in [-0.15, -0.1) is 0 Å². The second-order valence-corrected chi connectivity index (χ2v) is 8.10. The van der Waals surface area contributed by atoms with Gasteiger partial charge in [-0.05, 0) is 92.1 Å². The predicted molar refractivity (Wildman–Crippen MR) is 109 cm³/mol. The number of halogens is 3. The number of nitrogen functional groups attached to an aromatic ring is 1. The minimum Gasteiger partial charge on any atom is -0.398 e. The normalized spacial score (nSPS) is 18.4. The maximum Gasteiger partial charge on any atom is 0.0638 e. The molecular formula is C20H23Cl3N2. The van der Waals surface area contributed by atoms with E-state index in [1.165, 1.54) is 12.0 Å². The number of aryl methyl sites for hydroxylation is 1. The van der Waals surface area contributed by atoms with Crippen molar-refractivity contribution in [2.75, 3.05) is 18.8 Å². The molecule has 134 valence electrons. The van der Waals surface area contributed by atoms with Crippen LogP contribution in [0.15, 0.2) is 36.4 Å². The molecule has 0 spiro atoms. The Hall–Kier alpha value is -0.930. The summed E-state index contributed by atoms with van der Waals surface area (Å²) in [6.07, 6.45) is 4.24. The second kappa shape index (κ2) is 8.64. The first kappa shape index (κ1) is 18.8. The maximum absolute atomic E-state index is 6.40. The lowest BCUT2D eigenvalue weighted by Crippen LogP contribution is -2.21. The number of nitrogens with two attached hydrogens (primary N) is 1. The Morgan fingerprint density at radius 2 is 1.92 bits per heavy atom. The van der Waals surface area contributed by atoms with Crippen LogP contribution in [0.1, 0.15) is 24.0 Å². The Labute approximate surface area is 164 Å². The zero-order valence-electron chi connectivity index (χ0n) is 14.1. The second-order valence-electron chi connectivity index (χ2n) is 6.85. The van der Waals surface area contributed by atoms with Crippen LogP contribution in [0.2, 0.25) is 15.1 Å². The highest BCUT2D eigenvalue weighted by Crippen LogP contribution is 2.31. The van der Waals surface area contributed by atoms with Gasteiger partial charge in [0.2, 0.25) is 0 Å². The van der Waals surface area contributed by atoms with E-state index in [0.717, 1.165) is 48.0 Å². The lowest BCUT2D eigenvalue weighted by Gasteiger charge is -2.24. The molecule has 2 nitrogen and oxygen atoms in total. The van der Waals surface area contributed by atoms with Crippen LogP contribution in [0, 0.1) is 11.8 Å². The molecule has 25 heavy (non-hydrogen) atoms. The highest BCUT2D eigenvalue weighted by atomic mass is 35.5. The van der Waals surface area contributed by atoms with Gasteiger partial charge in [-0.2, -0.15) is 0 Å². The van der Waals surface area contributed by atoms with Crippen LogP contribution in [-0.4, -0.2) is 13.1 Å². The van der Waals surface area contributed by atoms with Crippen molar-refractivity contribution in [3.8, 4) is 0 Å². The van der Waals surface area contributed by atoms with Gasteiger partial charge >= 0.3 is 0 Å². The first-order chi connectivity index (χ1) is 12.0. The summed E-state index contributed by atoms with van der Waals surface area (Å²) >= 11 is 18.7. The quantitative estimate of drug-likeness (QED) is 0.620. The fourth-order valence-electron chi connectivity index (χ4n) is 3.64. The summed E-state index contributed by atoms with van der Waals surface area (Å²) in [7, 11) is 0. The van der Waals surface area contributed by atoms with Crippen molar-refractivity contribution in [3.63, 3.8) is 0 Å². The number of hydrogen-bond donors (Lipinski definition) is 2. The van der Waals surface area contributed by atoms with E-state index in [4.69, 9.17) is 40.5 Å². The van der Waals surface area contributed by atoms with Gasteiger partial charge < -0.3 is 11.1 Å². The van der Waals surface area contributed by atoms with E-state index >= 15 is 0 Å². The smallest absolute Gasteiger partial charge is 0.0638 e. The topological polar surface area (TPSA) is 38.0 Å². The minimum atomic E-state index is 0.558. The molecule has 0 amide bonds. The van der Waals surface area contributed by atoms with Crippen molar-refractivity contribution in [3.05, 3.63) is 62.6 Å². The molecule has 5 heteroatoms. The van der Waals surface area contributed by atoms with Crippen LogP contribution in [0.5, 0.6) is 0 Å². The molecule has 0 saturated carbocycles. The summed E-state index contributed by atoms with van der Waals surface area (Å²) in [4.78, 5) is 0. The van der Waals surface area contributed by atoms with Crippen molar-refractivity contribution in [1.29, 1.82) is 0 Å². The van der Waals surface area contributed by atoms with Crippen LogP contribution in [0.3, 0.4) is 0 Å². The average molecular weight is 398 g/mol. The Kier molecular flexibility index (Phi) is 6.51. The van der Waals surface area contributed by atoms with Crippen LogP contribution < -0.4 is 11.1 Å². The average Bonchev–Trinajstić information content (AvgIpc) is 3.12. The Morgan fingerprint density at radius 3 is 2.64 bits per heavy atom. The van der Waals surface area contributed by atoms with Crippen molar-refractivity contribution < 1.29 is 0 Å². The molecule has 1 aliphatic heterocycles. The third-order valence-corrected chi connectivity index (χ3v) is 6.05. The van der Waals surface area contributed by atoms with Gasteiger partial charge in [0.05, 0.1) is 10.7 Å². The fraction of sp³-hybridized carbons (Fsp3) is 0.400. The number of rotatable bonds is 6. The van der Waals surface area contributed by atoms with E-state index in [2.05, 4.69) is 11.4 Å².